The van der Waals surface area contributed by atoms with Gasteiger partial charge in [-0.3, -0.25) is 10.2 Å². The van der Waals surface area contributed by atoms with Crippen molar-refractivity contribution in [3.05, 3.63) is 35.9 Å². The smallest absolute Gasteiger partial charge is 0.241 e. The number of hydrogen-bond acceptors (Lipinski definition) is 4. The molecule has 3 fully saturated rings. The van der Waals surface area contributed by atoms with Gasteiger partial charge in [-0.1, -0.05) is 30.3 Å². The van der Waals surface area contributed by atoms with Crippen LogP contribution in [0.15, 0.2) is 30.3 Å². The zero-order valence-electron chi connectivity index (χ0n) is 14.6. The average Bonchev–Trinajstić information content (AvgIpc) is 2.91. The molecule has 4 unspecified atom stereocenters. The molecule has 4 rings (SSSR count). The maximum Gasteiger partial charge on any atom is 0.241 e. The van der Waals surface area contributed by atoms with Crippen molar-refractivity contribution in [1.82, 2.24) is 21.1 Å². The highest BCUT2D eigenvalue weighted by atomic mass is 35.5. The lowest BCUT2D eigenvalue weighted by Gasteiger charge is -2.30. The first kappa shape index (κ1) is 18.6. The fraction of sp³-hybridized carbons (Fsp3) is 0.632. The van der Waals surface area contributed by atoms with E-state index in [1.807, 2.05) is 0 Å². The van der Waals surface area contributed by atoms with Gasteiger partial charge in [0.25, 0.3) is 0 Å². The molecule has 5 nitrogen and oxygen atoms in total. The fourth-order valence-corrected chi connectivity index (χ4v) is 4.53. The first-order valence-corrected chi connectivity index (χ1v) is 9.38. The predicted molar refractivity (Wildman–Crippen MR) is 102 cm³/mol. The summed E-state index contributed by atoms with van der Waals surface area (Å²) < 4.78 is 0. The van der Waals surface area contributed by atoms with Crippen LogP contribution in [0.3, 0.4) is 0 Å². The Morgan fingerprint density at radius 2 is 1.88 bits per heavy atom. The number of nitrogens with one attached hydrogen (secondary N) is 3. The highest BCUT2D eigenvalue weighted by molar-refractivity contribution is 5.85. The van der Waals surface area contributed by atoms with Crippen LogP contribution in [0.2, 0.25) is 0 Å². The van der Waals surface area contributed by atoms with Gasteiger partial charge in [0.2, 0.25) is 5.91 Å². The minimum atomic E-state index is -0.0731. The van der Waals surface area contributed by atoms with Crippen LogP contribution in [-0.4, -0.2) is 49.1 Å². The molecule has 3 heterocycles. The predicted octanol–water partition coefficient (Wildman–Crippen LogP) is 1.66. The molecular weight excluding hydrogens is 336 g/mol. The molecule has 1 aromatic rings. The Balaban J connectivity index is 0.00000182. The number of carbonyl (C=O) groups excluding carboxylic acids is 1. The van der Waals surface area contributed by atoms with E-state index in [0.29, 0.717) is 17.9 Å². The van der Waals surface area contributed by atoms with Crippen LogP contribution in [0.4, 0.5) is 0 Å². The van der Waals surface area contributed by atoms with Crippen LogP contribution < -0.4 is 16.2 Å². The lowest BCUT2D eigenvalue weighted by atomic mass is 9.89. The van der Waals surface area contributed by atoms with Crippen molar-refractivity contribution in [3.8, 4) is 0 Å². The van der Waals surface area contributed by atoms with Gasteiger partial charge in [0.1, 0.15) is 6.04 Å². The van der Waals surface area contributed by atoms with E-state index >= 15 is 0 Å². The SMILES string of the molecule is Cl.O=C(C1NNC2CCNCC21)N1CCCC(c2ccccc2)CC1. The molecule has 3 aliphatic heterocycles. The Morgan fingerprint density at radius 3 is 2.72 bits per heavy atom. The van der Waals surface area contributed by atoms with E-state index < -0.39 is 0 Å². The van der Waals surface area contributed by atoms with Gasteiger partial charge in [0.15, 0.2) is 0 Å². The van der Waals surface area contributed by atoms with Gasteiger partial charge >= 0.3 is 0 Å². The largest absolute Gasteiger partial charge is 0.341 e. The zero-order chi connectivity index (χ0) is 16.4. The number of carbonyl (C=O) groups is 1. The number of hydrogen-bond donors (Lipinski definition) is 3. The summed E-state index contributed by atoms with van der Waals surface area (Å²) in [7, 11) is 0. The van der Waals surface area contributed by atoms with Gasteiger partial charge in [-0.15, -0.1) is 12.4 Å². The third-order valence-corrected chi connectivity index (χ3v) is 5.96. The van der Waals surface area contributed by atoms with Crippen molar-refractivity contribution >= 4 is 18.3 Å². The molecule has 0 aromatic heterocycles. The number of halogens is 1. The van der Waals surface area contributed by atoms with Crippen molar-refractivity contribution in [2.45, 2.75) is 43.7 Å². The molecule has 3 aliphatic rings. The first-order valence-electron chi connectivity index (χ1n) is 9.38. The maximum atomic E-state index is 13.0. The number of benzene rings is 1. The molecule has 0 aliphatic carbocycles. The molecular formula is C19H29ClN4O. The summed E-state index contributed by atoms with van der Waals surface area (Å²) in [6.07, 6.45) is 4.44. The van der Waals surface area contributed by atoms with Gasteiger partial charge in [-0.2, -0.15) is 0 Å². The van der Waals surface area contributed by atoms with Gasteiger partial charge in [0, 0.05) is 31.6 Å². The Hall–Kier alpha value is -1.14. The summed E-state index contributed by atoms with van der Waals surface area (Å²) >= 11 is 0. The van der Waals surface area contributed by atoms with Crippen molar-refractivity contribution in [2.75, 3.05) is 26.2 Å². The number of fused-ring (bicyclic) bond motifs is 1. The average molecular weight is 365 g/mol. The molecule has 3 saturated heterocycles. The minimum Gasteiger partial charge on any atom is -0.341 e. The number of likely N-dealkylation sites (tertiary alicyclic amines) is 1. The fourth-order valence-electron chi connectivity index (χ4n) is 4.53. The van der Waals surface area contributed by atoms with E-state index in [4.69, 9.17) is 0 Å². The van der Waals surface area contributed by atoms with E-state index in [1.54, 1.807) is 0 Å². The number of rotatable bonds is 2. The zero-order valence-corrected chi connectivity index (χ0v) is 15.4. The Kier molecular flexibility index (Phi) is 6.34. The summed E-state index contributed by atoms with van der Waals surface area (Å²) in [5.74, 6) is 1.24. The highest BCUT2D eigenvalue weighted by Crippen LogP contribution is 2.29. The van der Waals surface area contributed by atoms with E-state index in [0.717, 1.165) is 45.4 Å². The summed E-state index contributed by atoms with van der Waals surface area (Å²) in [5, 5.41) is 3.43. The second kappa shape index (κ2) is 8.49. The number of piperidine rings is 1. The van der Waals surface area contributed by atoms with E-state index in [-0.39, 0.29) is 24.4 Å². The van der Waals surface area contributed by atoms with Gasteiger partial charge < -0.3 is 10.2 Å². The molecule has 1 amide bonds. The third kappa shape index (κ3) is 4.00. The summed E-state index contributed by atoms with van der Waals surface area (Å²) in [6, 6.07) is 11.1. The lowest BCUT2D eigenvalue weighted by Crippen LogP contribution is -2.50. The summed E-state index contributed by atoms with van der Waals surface area (Å²) in [4.78, 5) is 15.1. The van der Waals surface area contributed by atoms with Gasteiger partial charge in [0.05, 0.1) is 0 Å². The van der Waals surface area contributed by atoms with Crippen molar-refractivity contribution in [2.24, 2.45) is 5.92 Å². The molecule has 0 radical (unpaired) electrons. The van der Waals surface area contributed by atoms with Crippen LogP contribution in [0.1, 0.15) is 37.2 Å². The topological polar surface area (TPSA) is 56.4 Å². The van der Waals surface area contributed by atoms with E-state index in [1.165, 1.54) is 12.0 Å². The second-order valence-corrected chi connectivity index (χ2v) is 7.39. The first-order chi connectivity index (χ1) is 11.8. The van der Waals surface area contributed by atoms with Gasteiger partial charge in [-0.05, 0) is 43.7 Å². The Morgan fingerprint density at radius 1 is 1.04 bits per heavy atom. The molecule has 4 atom stereocenters. The minimum absolute atomic E-state index is 0. The number of nitrogens with zero attached hydrogens (tertiary/aromatic N) is 1. The van der Waals surface area contributed by atoms with E-state index in [9.17, 15) is 4.79 Å². The molecule has 6 heteroatoms. The summed E-state index contributed by atoms with van der Waals surface area (Å²) in [6.45, 7) is 3.74. The quantitative estimate of drug-likeness (QED) is 0.747. The molecule has 25 heavy (non-hydrogen) atoms. The van der Waals surface area contributed by atoms with Gasteiger partial charge in [-0.25, -0.2) is 5.43 Å². The van der Waals surface area contributed by atoms with Crippen molar-refractivity contribution in [1.29, 1.82) is 0 Å². The number of hydrazine groups is 1. The van der Waals surface area contributed by atoms with Crippen LogP contribution in [0.5, 0.6) is 0 Å². The second-order valence-electron chi connectivity index (χ2n) is 7.39. The van der Waals surface area contributed by atoms with Crippen molar-refractivity contribution in [3.63, 3.8) is 0 Å². The third-order valence-electron chi connectivity index (χ3n) is 5.96. The monoisotopic (exact) mass is 364 g/mol. The molecule has 3 N–H and O–H groups in total. The normalized spacial score (nSPS) is 32.4. The molecule has 0 bridgehead atoms. The Labute approximate surface area is 156 Å². The molecule has 138 valence electrons. The standard InChI is InChI=1S/C19H28N4O.ClH/c24-19(18-16-13-20-10-8-17(16)21-22-18)23-11-4-7-15(9-12-23)14-5-2-1-3-6-14;/h1-3,5-6,15-18,20-22H,4,7-13H2;1H. The van der Waals surface area contributed by atoms with Crippen LogP contribution in [0.25, 0.3) is 0 Å². The lowest BCUT2D eigenvalue weighted by molar-refractivity contribution is -0.134. The maximum absolute atomic E-state index is 13.0. The van der Waals surface area contributed by atoms with Crippen LogP contribution >= 0.6 is 12.4 Å². The molecule has 0 saturated carbocycles. The van der Waals surface area contributed by atoms with Crippen LogP contribution in [-0.2, 0) is 4.79 Å². The molecule has 1 aromatic carbocycles. The number of amides is 1. The summed E-state index contributed by atoms with van der Waals surface area (Å²) in [5.41, 5.74) is 8.04. The van der Waals surface area contributed by atoms with E-state index in [2.05, 4.69) is 51.4 Å². The highest BCUT2D eigenvalue weighted by Gasteiger charge is 2.42. The van der Waals surface area contributed by atoms with Crippen molar-refractivity contribution < 1.29 is 4.79 Å². The molecule has 0 spiro atoms. The Bertz CT molecular complexity index is 570. The van der Waals surface area contributed by atoms with Crippen LogP contribution in [0, 0.1) is 5.92 Å².